The van der Waals surface area contributed by atoms with Crippen molar-refractivity contribution in [1.29, 1.82) is 0 Å². The number of fused-ring (bicyclic) bond motifs is 3. The van der Waals surface area contributed by atoms with Crippen molar-refractivity contribution in [3.63, 3.8) is 0 Å². The zero-order chi connectivity index (χ0) is 29.0. The van der Waals surface area contributed by atoms with Gasteiger partial charge in [0.1, 0.15) is 12.4 Å². The molecule has 41 heavy (non-hydrogen) atoms. The van der Waals surface area contributed by atoms with E-state index in [4.69, 9.17) is 4.74 Å². The Bertz CT molecular complexity index is 1610. The average Bonchev–Trinajstić information content (AvgIpc) is 3.23. The summed E-state index contributed by atoms with van der Waals surface area (Å²) in [5.41, 5.74) is 3.50. The molecule has 4 atom stereocenters. The van der Waals surface area contributed by atoms with Gasteiger partial charge in [0.2, 0.25) is 11.8 Å². The quantitative estimate of drug-likeness (QED) is 0.250. The molecule has 0 radical (unpaired) electrons. The van der Waals surface area contributed by atoms with Crippen LogP contribution in [0.2, 0.25) is 0 Å². The Hall–Kier alpha value is -4.43. The van der Waals surface area contributed by atoms with Gasteiger partial charge in [-0.1, -0.05) is 29.8 Å². The first-order chi connectivity index (χ1) is 19.7. The lowest BCUT2D eigenvalue weighted by Crippen LogP contribution is -2.40. The Kier molecular flexibility index (Phi) is 6.66. The number of carbonyl (C=O) groups is 5. The maximum atomic E-state index is 14.0. The second-order valence-electron chi connectivity index (χ2n) is 11.0. The molecule has 0 spiro atoms. The molecule has 2 aromatic rings. The Balaban J connectivity index is 1.46. The van der Waals surface area contributed by atoms with Crippen LogP contribution in [0.3, 0.4) is 0 Å². The van der Waals surface area contributed by atoms with Crippen LogP contribution in [0, 0.1) is 17.8 Å². The molecule has 3 aliphatic carbocycles. The summed E-state index contributed by atoms with van der Waals surface area (Å²) in [4.78, 5) is 67.5. The summed E-state index contributed by atoms with van der Waals surface area (Å²) < 4.78 is 5.85. The van der Waals surface area contributed by atoms with Gasteiger partial charge in [0.25, 0.3) is 0 Å². The van der Waals surface area contributed by atoms with Crippen LogP contribution in [0.25, 0.3) is 0 Å². The number of para-hydroxylation sites is 1. The molecule has 1 aliphatic heterocycles. The van der Waals surface area contributed by atoms with E-state index in [9.17, 15) is 29.1 Å². The minimum Gasteiger partial charge on any atom is -0.491 e. The van der Waals surface area contributed by atoms with E-state index in [0.29, 0.717) is 45.7 Å². The van der Waals surface area contributed by atoms with Gasteiger partial charge in [-0.2, -0.15) is 0 Å². The molecule has 208 valence electrons. The minimum atomic E-state index is -0.702. The van der Waals surface area contributed by atoms with Gasteiger partial charge in [0, 0.05) is 33.8 Å². The average molecular weight is 552 g/mol. The van der Waals surface area contributed by atoms with E-state index in [1.165, 1.54) is 17.9 Å². The second kappa shape index (κ2) is 10.2. The van der Waals surface area contributed by atoms with Crippen molar-refractivity contribution in [2.45, 2.75) is 32.6 Å². The van der Waals surface area contributed by atoms with Crippen LogP contribution in [0.4, 0.5) is 5.69 Å². The van der Waals surface area contributed by atoms with Gasteiger partial charge < -0.3 is 9.84 Å². The van der Waals surface area contributed by atoms with Crippen molar-refractivity contribution in [3.05, 3.63) is 94.1 Å². The first-order valence-electron chi connectivity index (χ1n) is 13.7. The summed E-state index contributed by atoms with van der Waals surface area (Å²) in [6.45, 7) is 2.94. The number of aliphatic hydroxyl groups excluding tert-OH is 1. The van der Waals surface area contributed by atoms with Crippen LogP contribution in [0.15, 0.2) is 83.0 Å². The number of ketones is 3. The van der Waals surface area contributed by atoms with Crippen molar-refractivity contribution < 1.29 is 33.8 Å². The van der Waals surface area contributed by atoms with Crippen LogP contribution in [-0.4, -0.2) is 47.5 Å². The molecule has 8 heteroatoms. The van der Waals surface area contributed by atoms with Crippen LogP contribution >= 0.6 is 0 Å². The molecule has 1 fully saturated rings. The van der Waals surface area contributed by atoms with Gasteiger partial charge in [-0.15, -0.1) is 0 Å². The fourth-order valence-corrected chi connectivity index (χ4v) is 6.82. The highest BCUT2D eigenvalue weighted by atomic mass is 16.5. The van der Waals surface area contributed by atoms with Crippen molar-refractivity contribution in [2.24, 2.45) is 17.8 Å². The number of allylic oxidation sites excluding steroid dienone is 6. The topological polar surface area (TPSA) is 118 Å². The van der Waals surface area contributed by atoms with E-state index in [2.05, 4.69) is 0 Å². The first kappa shape index (κ1) is 26.8. The number of anilines is 1. The molecule has 8 nitrogen and oxygen atoms in total. The van der Waals surface area contributed by atoms with Gasteiger partial charge >= 0.3 is 0 Å². The molecule has 0 aromatic heterocycles. The monoisotopic (exact) mass is 551 g/mol. The van der Waals surface area contributed by atoms with Crippen LogP contribution in [0.1, 0.15) is 48.5 Å². The Morgan fingerprint density at radius 1 is 1.00 bits per heavy atom. The summed E-state index contributed by atoms with van der Waals surface area (Å²) in [5, 5.41) is 9.39. The predicted octanol–water partition coefficient (Wildman–Crippen LogP) is 3.89. The molecular formula is C33H29NO7. The molecular weight excluding hydrogens is 522 g/mol. The van der Waals surface area contributed by atoms with Gasteiger partial charge in [0.15, 0.2) is 17.3 Å². The summed E-state index contributed by atoms with van der Waals surface area (Å²) in [5.74, 6) is -3.17. The molecule has 1 heterocycles. The van der Waals surface area contributed by atoms with Crippen molar-refractivity contribution in [1.82, 2.24) is 0 Å². The van der Waals surface area contributed by atoms with Gasteiger partial charge in [-0.05, 0) is 69.0 Å². The third kappa shape index (κ3) is 4.21. The van der Waals surface area contributed by atoms with E-state index in [0.717, 1.165) is 5.57 Å². The SMILES string of the molecule is CC(=O)c1ccc(N2C(=O)C3CC=C4C(c5ccccc5OCCO)C5=C(CC4C3C2=O)C(=O)C=C(C)C5=O)cc1. The maximum absolute atomic E-state index is 14.0. The molecule has 4 unspecified atom stereocenters. The fraction of sp³-hybridized carbons (Fsp3) is 0.303. The van der Waals surface area contributed by atoms with Gasteiger partial charge in [-0.25, -0.2) is 0 Å². The number of imide groups is 1. The molecule has 4 aliphatic rings. The lowest BCUT2D eigenvalue weighted by Gasteiger charge is -2.42. The summed E-state index contributed by atoms with van der Waals surface area (Å²) in [7, 11) is 0. The van der Waals surface area contributed by atoms with E-state index < -0.39 is 23.7 Å². The van der Waals surface area contributed by atoms with Crippen LogP contribution in [0.5, 0.6) is 5.75 Å². The first-order valence-corrected chi connectivity index (χ1v) is 13.7. The minimum absolute atomic E-state index is 0.0546. The van der Waals surface area contributed by atoms with E-state index in [1.807, 2.05) is 18.2 Å². The normalized spacial score (nSPS) is 25.4. The third-order valence-corrected chi connectivity index (χ3v) is 8.68. The van der Waals surface area contributed by atoms with Crippen molar-refractivity contribution in [3.8, 4) is 5.75 Å². The van der Waals surface area contributed by atoms with E-state index in [-0.39, 0.29) is 48.8 Å². The molecule has 0 saturated carbocycles. The summed E-state index contributed by atoms with van der Waals surface area (Å²) >= 11 is 0. The third-order valence-electron chi connectivity index (χ3n) is 8.68. The molecule has 0 bridgehead atoms. The number of carbonyl (C=O) groups excluding carboxylic acids is 5. The van der Waals surface area contributed by atoms with Gasteiger partial charge in [-0.3, -0.25) is 28.9 Å². The molecule has 1 saturated heterocycles. The Labute approximate surface area is 237 Å². The summed E-state index contributed by atoms with van der Waals surface area (Å²) in [6, 6.07) is 13.6. The highest BCUT2D eigenvalue weighted by Gasteiger charge is 2.56. The van der Waals surface area contributed by atoms with Crippen LogP contribution < -0.4 is 9.64 Å². The number of hydrogen-bond donors (Lipinski definition) is 1. The fourth-order valence-electron chi connectivity index (χ4n) is 6.82. The molecule has 2 aromatic carbocycles. The van der Waals surface area contributed by atoms with Gasteiger partial charge in [0.05, 0.1) is 24.1 Å². The largest absolute Gasteiger partial charge is 0.491 e. The maximum Gasteiger partial charge on any atom is 0.238 e. The standard InChI is InChI=1S/C33H29NO7/c1-17-15-26(37)25-16-24-21(28(30(25)31(17)38)22-5-3-4-6-27(22)41-14-13-35)11-12-23-29(24)33(40)34(32(23)39)20-9-7-19(8-10-20)18(2)36/h3-11,15,23-24,28-29,35H,12-14,16H2,1-2H3. The lowest BCUT2D eigenvalue weighted by molar-refractivity contribution is -0.123. The van der Waals surface area contributed by atoms with Crippen molar-refractivity contribution in [2.75, 3.05) is 18.1 Å². The number of amides is 2. The second-order valence-corrected chi connectivity index (χ2v) is 11.0. The Morgan fingerprint density at radius 2 is 1.73 bits per heavy atom. The molecule has 6 rings (SSSR count). The lowest BCUT2D eigenvalue weighted by atomic mass is 9.59. The number of hydrogen-bond acceptors (Lipinski definition) is 7. The number of rotatable bonds is 6. The number of ether oxygens (including phenoxy) is 1. The zero-order valence-electron chi connectivity index (χ0n) is 22.8. The zero-order valence-corrected chi connectivity index (χ0v) is 22.8. The summed E-state index contributed by atoms with van der Waals surface area (Å²) in [6.07, 6.45) is 3.82. The smallest absolute Gasteiger partial charge is 0.238 e. The highest BCUT2D eigenvalue weighted by molar-refractivity contribution is 6.25. The number of benzene rings is 2. The predicted molar refractivity (Wildman–Crippen MR) is 149 cm³/mol. The molecule has 2 amide bonds. The van der Waals surface area contributed by atoms with Crippen LogP contribution in [-0.2, 0) is 19.2 Å². The highest BCUT2D eigenvalue weighted by Crippen LogP contribution is 2.56. The van der Waals surface area contributed by atoms with Crippen molar-refractivity contribution >= 4 is 34.9 Å². The number of nitrogens with zero attached hydrogens (tertiary/aromatic N) is 1. The number of Topliss-reactive ketones (excluding diaryl/α,β-unsaturated/α-hetero) is 2. The molecule has 1 N–H and O–H groups in total. The Morgan fingerprint density at radius 3 is 2.44 bits per heavy atom. The number of aliphatic hydroxyl groups is 1. The van der Waals surface area contributed by atoms with E-state index in [1.54, 1.807) is 43.3 Å². The van der Waals surface area contributed by atoms with E-state index >= 15 is 0 Å².